The second-order valence-corrected chi connectivity index (χ2v) is 6.61. The first-order valence-corrected chi connectivity index (χ1v) is 8.29. The topological polar surface area (TPSA) is 87.3 Å². The maximum atomic E-state index is 11.6. The van der Waals surface area contributed by atoms with Gasteiger partial charge >= 0.3 is 6.03 Å². The highest BCUT2D eigenvalue weighted by Gasteiger charge is 2.09. The maximum absolute atomic E-state index is 11.6. The number of nitrogens with one attached hydrogen (secondary N) is 3. The van der Waals surface area contributed by atoms with Gasteiger partial charge in [0.15, 0.2) is 0 Å². The fourth-order valence-corrected chi connectivity index (χ4v) is 2.19. The van der Waals surface area contributed by atoms with Crippen molar-refractivity contribution in [1.82, 2.24) is 15.4 Å². The molecule has 20 heavy (non-hydrogen) atoms. The lowest BCUT2D eigenvalue weighted by Gasteiger charge is -2.15. The van der Waals surface area contributed by atoms with Crippen molar-refractivity contribution < 1.29 is 13.2 Å². The van der Waals surface area contributed by atoms with E-state index >= 15 is 0 Å². The van der Waals surface area contributed by atoms with Gasteiger partial charge in [0, 0.05) is 18.1 Å². The number of hydrogen-bond donors (Lipinski definition) is 3. The van der Waals surface area contributed by atoms with Gasteiger partial charge in [-0.05, 0) is 24.6 Å². The Kier molecular flexibility index (Phi) is 6.25. The van der Waals surface area contributed by atoms with Gasteiger partial charge < -0.3 is 10.6 Å². The van der Waals surface area contributed by atoms with Gasteiger partial charge in [0.25, 0.3) is 0 Å². The van der Waals surface area contributed by atoms with E-state index in [4.69, 9.17) is 11.6 Å². The maximum Gasteiger partial charge on any atom is 0.315 e. The summed E-state index contributed by atoms with van der Waals surface area (Å²) < 4.78 is 23.9. The average Bonchev–Trinajstić information content (AvgIpc) is 2.33. The Morgan fingerprint density at radius 3 is 2.65 bits per heavy atom. The number of carbonyl (C=O) groups is 1. The number of carbonyl (C=O) groups excluding carboxylic acids is 1. The number of sulfonamides is 1. The lowest BCUT2D eigenvalue weighted by atomic mass is 10.1. The molecule has 1 aromatic carbocycles. The van der Waals surface area contributed by atoms with Crippen LogP contribution in [0.1, 0.15) is 18.5 Å². The molecule has 0 aliphatic heterocycles. The zero-order chi connectivity index (χ0) is 15.2. The predicted molar refractivity (Wildman–Crippen MR) is 79.2 cm³/mol. The molecule has 1 rings (SSSR count). The van der Waals surface area contributed by atoms with Gasteiger partial charge in [-0.2, -0.15) is 0 Å². The van der Waals surface area contributed by atoms with Crippen molar-refractivity contribution in [2.45, 2.75) is 13.0 Å². The van der Waals surface area contributed by atoms with E-state index in [0.717, 1.165) is 11.8 Å². The van der Waals surface area contributed by atoms with E-state index in [0.29, 0.717) is 5.02 Å². The van der Waals surface area contributed by atoms with Gasteiger partial charge in [-0.15, -0.1) is 0 Å². The molecule has 2 amide bonds. The minimum Gasteiger partial charge on any atom is -0.337 e. The summed E-state index contributed by atoms with van der Waals surface area (Å²) in [6.45, 7) is 2.19. The monoisotopic (exact) mass is 319 g/mol. The van der Waals surface area contributed by atoms with Crippen LogP contribution in [0.4, 0.5) is 4.79 Å². The zero-order valence-electron chi connectivity index (χ0n) is 11.3. The number of amides is 2. The van der Waals surface area contributed by atoms with E-state index in [2.05, 4.69) is 15.4 Å². The van der Waals surface area contributed by atoms with Gasteiger partial charge in [0.1, 0.15) is 0 Å². The molecule has 1 unspecified atom stereocenters. The number of benzene rings is 1. The summed E-state index contributed by atoms with van der Waals surface area (Å²) in [5.74, 6) is 0. The Balaban J connectivity index is 2.35. The highest BCUT2D eigenvalue weighted by atomic mass is 35.5. The second-order valence-electron chi connectivity index (χ2n) is 4.34. The number of halogens is 1. The molecule has 0 spiro atoms. The van der Waals surface area contributed by atoms with E-state index < -0.39 is 10.0 Å². The van der Waals surface area contributed by atoms with E-state index in [9.17, 15) is 13.2 Å². The van der Waals surface area contributed by atoms with Crippen LogP contribution in [0.5, 0.6) is 0 Å². The third kappa shape index (κ3) is 6.74. The van der Waals surface area contributed by atoms with Crippen LogP contribution in [0.3, 0.4) is 0 Å². The third-order valence-corrected chi connectivity index (χ3v) is 3.43. The highest BCUT2D eigenvalue weighted by Crippen LogP contribution is 2.16. The molecule has 0 heterocycles. The van der Waals surface area contributed by atoms with Crippen LogP contribution in [0.2, 0.25) is 5.02 Å². The molecule has 0 radical (unpaired) electrons. The van der Waals surface area contributed by atoms with Crippen LogP contribution in [0.25, 0.3) is 0 Å². The van der Waals surface area contributed by atoms with Gasteiger partial charge in [-0.25, -0.2) is 17.9 Å². The first-order valence-electron chi connectivity index (χ1n) is 6.02. The minimum atomic E-state index is -3.23. The summed E-state index contributed by atoms with van der Waals surface area (Å²) in [6, 6.07) is 6.64. The SMILES string of the molecule is CC(NC(=O)NCCNS(C)(=O)=O)c1cccc(Cl)c1. The summed E-state index contributed by atoms with van der Waals surface area (Å²) in [5, 5.41) is 5.90. The standard InChI is InChI=1S/C12H18ClN3O3S/c1-9(10-4-3-5-11(13)8-10)16-12(17)14-6-7-15-20(2,18)19/h3-5,8-9,15H,6-7H2,1-2H3,(H2,14,16,17). The summed E-state index contributed by atoms with van der Waals surface area (Å²) in [7, 11) is -3.23. The number of rotatable bonds is 6. The Bertz CT molecular complexity index is 563. The Morgan fingerprint density at radius 1 is 1.35 bits per heavy atom. The molecule has 0 saturated carbocycles. The molecular formula is C12H18ClN3O3S. The third-order valence-electron chi connectivity index (χ3n) is 2.47. The fourth-order valence-electron chi connectivity index (χ4n) is 1.52. The predicted octanol–water partition coefficient (Wildman–Crippen LogP) is 1.25. The smallest absolute Gasteiger partial charge is 0.315 e. The molecule has 112 valence electrons. The summed E-state index contributed by atoms with van der Waals surface area (Å²) >= 11 is 5.88. The van der Waals surface area contributed by atoms with Crippen LogP contribution in [0, 0.1) is 0 Å². The molecule has 0 aromatic heterocycles. The largest absolute Gasteiger partial charge is 0.337 e. The molecule has 0 fully saturated rings. The van der Waals surface area contributed by atoms with Crippen LogP contribution >= 0.6 is 11.6 Å². The Labute approximate surface area is 123 Å². The average molecular weight is 320 g/mol. The lowest BCUT2D eigenvalue weighted by Crippen LogP contribution is -2.41. The molecule has 1 aromatic rings. The highest BCUT2D eigenvalue weighted by molar-refractivity contribution is 7.88. The lowest BCUT2D eigenvalue weighted by molar-refractivity contribution is 0.238. The van der Waals surface area contributed by atoms with Crippen LogP contribution in [0.15, 0.2) is 24.3 Å². The molecule has 0 aliphatic carbocycles. The molecule has 3 N–H and O–H groups in total. The van der Waals surface area contributed by atoms with Crippen molar-refractivity contribution in [3.05, 3.63) is 34.9 Å². The number of urea groups is 1. The van der Waals surface area contributed by atoms with Gasteiger partial charge in [-0.3, -0.25) is 0 Å². The van der Waals surface area contributed by atoms with Crippen LogP contribution in [-0.2, 0) is 10.0 Å². The van der Waals surface area contributed by atoms with E-state index in [-0.39, 0.29) is 25.2 Å². The molecule has 0 bridgehead atoms. The van der Waals surface area contributed by atoms with E-state index in [1.165, 1.54) is 0 Å². The van der Waals surface area contributed by atoms with Crippen molar-refractivity contribution in [2.75, 3.05) is 19.3 Å². The molecule has 6 nitrogen and oxygen atoms in total. The van der Waals surface area contributed by atoms with Crippen molar-refractivity contribution in [2.24, 2.45) is 0 Å². The Hall–Kier alpha value is -1.31. The van der Waals surface area contributed by atoms with Crippen molar-refractivity contribution in [1.29, 1.82) is 0 Å². The van der Waals surface area contributed by atoms with Gasteiger partial charge in [0.2, 0.25) is 10.0 Å². The van der Waals surface area contributed by atoms with Gasteiger partial charge in [-0.1, -0.05) is 23.7 Å². The minimum absolute atomic E-state index is 0.151. The van der Waals surface area contributed by atoms with Crippen molar-refractivity contribution >= 4 is 27.7 Å². The summed E-state index contributed by atoms with van der Waals surface area (Å²) in [4.78, 5) is 11.6. The first-order chi connectivity index (χ1) is 9.28. The summed E-state index contributed by atoms with van der Waals surface area (Å²) in [5.41, 5.74) is 0.891. The molecule has 8 heteroatoms. The Morgan fingerprint density at radius 2 is 2.05 bits per heavy atom. The molecular weight excluding hydrogens is 302 g/mol. The molecule has 0 saturated heterocycles. The van der Waals surface area contributed by atoms with E-state index in [1.807, 2.05) is 19.1 Å². The van der Waals surface area contributed by atoms with Gasteiger partial charge in [0.05, 0.1) is 12.3 Å². The van der Waals surface area contributed by atoms with Crippen molar-refractivity contribution in [3.8, 4) is 0 Å². The van der Waals surface area contributed by atoms with E-state index in [1.54, 1.807) is 12.1 Å². The molecule has 0 aliphatic rings. The summed E-state index contributed by atoms with van der Waals surface area (Å²) in [6.07, 6.45) is 1.06. The fraction of sp³-hybridized carbons (Fsp3) is 0.417. The molecule has 1 atom stereocenters. The van der Waals surface area contributed by atoms with Crippen LogP contribution < -0.4 is 15.4 Å². The second kappa shape index (κ2) is 7.47. The quantitative estimate of drug-likeness (QED) is 0.690. The van der Waals surface area contributed by atoms with Crippen molar-refractivity contribution in [3.63, 3.8) is 0 Å². The van der Waals surface area contributed by atoms with Crippen LogP contribution in [-0.4, -0.2) is 33.8 Å². The number of hydrogen-bond acceptors (Lipinski definition) is 3. The first kappa shape index (κ1) is 16.7. The zero-order valence-corrected chi connectivity index (χ0v) is 12.9. The normalized spacial score (nSPS) is 12.8.